The number of epoxide rings is 1. The first-order chi connectivity index (χ1) is 10.2. The smallest absolute Gasteiger partial charge is 0.123 e. The Labute approximate surface area is 129 Å². The van der Waals surface area contributed by atoms with Crippen LogP contribution in [0.2, 0.25) is 0 Å². The molecular formula is C19H28O2. The minimum Gasteiger partial charge on any atom is -0.491 e. The van der Waals surface area contributed by atoms with Crippen molar-refractivity contribution in [1.82, 2.24) is 0 Å². The molecule has 0 spiro atoms. The van der Waals surface area contributed by atoms with Gasteiger partial charge in [-0.3, -0.25) is 0 Å². The Bertz CT molecular complexity index is 429. The van der Waals surface area contributed by atoms with Gasteiger partial charge in [-0.05, 0) is 37.5 Å². The molecule has 0 saturated carbocycles. The maximum absolute atomic E-state index is 5.72. The molecule has 1 aliphatic heterocycles. The van der Waals surface area contributed by atoms with Crippen LogP contribution in [-0.4, -0.2) is 18.8 Å². The van der Waals surface area contributed by atoms with Gasteiger partial charge in [0.25, 0.3) is 0 Å². The molecule has 1 saturated heterocycles. The van der Waals surface area contributed by atoms with Crippen molar-refractivity contribution in [2.45, 2.75) is 58.0 Å². The van der Waals surface area contributed by atoms with Crippen LogP contribution in [0, 0.1) is 0 Å². The van der Waals surface area contributed by atoms with E-state index >= 15 is 0 Å². The second-order valence-corrected chi connectivity index (χ2v) is 6.20. The third-order valence-corrected chi connectivity index (χ3v) is 3.85. The average Bonchev–Trinajstić information content (AvgIpc) is 3.24. The third-order valence-electron chi connectivity index (χ3n) is 3.85. The molecule has 1 unspecified atom stereocenters. The lowest BCUT2D eigenvalue weighted by Gasteiger charge is -2.08. The Kier molecular flexibility index (Phi) is 6.31. The van der Waals surface area contributed by atoms with E-state index in [4.69, 9.17) is 9.47 Å². The van der Waals surface area contributed by atoms with Gasteiger partial charge in [-0.15, -0.1) is 0 Å². The fourth-order valence-electron chi connectivity index (χ4n) is 2.20. The van der Waals surface area contributed by atoms with Crippen LogP contribution in [0.1, 0.15) is 57.9 Å². The van der Waals surface area contributed by atoms with E-state index in [9.17, 15) is 0 Å². The molecule has 1 aromatic carbocycles. The highest BCUT2D eigenvalue weighted by Gasteiger charge is 2.40. The standard InChI is InChI=1S/C19H28O2/c1-3-4-5-6-7-8-9-10-17-11-13-18(14-12-17)20-15-19(2)16-21-19/h9-14H,3-8,15-16H2,1-2H3/b10-9+. The number of benzene rings is 1. The van der Waals surface area contributed by atoms with Gasteiger partial charge in [-0.1, -0.05) is 56.9 Å². The Morgan fingerprint density at radius 2 is 1.86 bits per heavy atom. The first-order valence-corrected chi connectivity index (χ1v) is 8.25. The summed E-state index contributed by atoms with van der Waals surface area (Å²) in [4.78, 5) is 0. The summed E-state index contributed by atoms with van der Waals surface area (Å²) in [6.45, 7) is 5.78. The molecule has 0 N–H and O–H groups in total. The lowest BCUT2D eigenvalue weighted by atomic mass is 10.1. The molecule has 0 aliphatic carbocycles. The first-order valence-electron chi connectivity index (χ1n) is 8.25. The fourth-order valence-corrected chi connectivity index (χ4v) is 2.20. The summed E-state index contributed by atoms with van der Waals surface area (Å²) in [5, 5.41) is 0. The number of hydrogen-bond acceptors (Lipinski definition) is 2. The molecule has 1 aliphatic rings. The highest BCUT2D eigenvalue weighted by atomic mass is 16.6. The number of allylic oxidation sites excluding steroid dienone is 1. The van der Waals surface area contributed by atoms with Gasteiger partial charge < -0.3 is 9.47 Å². The molecular weight excluding hydrogens is 260 g/mol. The SMILES string of the molecule is CCCCCCC/C=C/c1ccc(OCC2(C)CO2)cc1. The highest BCUT2D eigenvalue weighted by Crippen LogP contribution is 2.27. The summed E-state index contributed by atoms with van der Waals surface area (Å²) in [6, 6.07) is 8.29. The lowest BCUT2D eigenvalue weighted by Crippen LogP contribution is -2.16. The van der Waals surface area contributed by atoms with Gasteiger partial charge in [-0.2, -0.15) is 0 Å². The molecule has 1 fully saturated rings. The Hall–Kier alpha value is -1.28. The van der Waals surface area contributed by atoms with Crippen LogP contribution < -0.4 is 4.74 Å². The third kappa shape index (κ3) is 6.34. The molecule has 2 nitrogen and oxygen atoms in total. The van der Waals surface area contributed by atoms with E-state index in [1.165, 1.54) is 44.1 Å². The molecule has 0 amide bonds. The summed E-state index contributed by atoms with van der Waals surface area (Å²) in [6.07, 6.45) is 12.4. The molecule has 21 heavy (non-hydrogen) atoms. The van der Waals surface area contributed by atoms with Crippen LogP contribution in [0.25, 0.3) is 6.08 Å². The van der Waals surface area contributed by atoms with Crippen molar-refractivity contribution in [2.24, 2.45) is 0 Å². The maximum atomic E-state index is 5.72. The molecule has 2 rings (SSSR count). The fraction of sp³-hybridized carbons (Fsp3) is 0.579. The minimum absolute atomic E-state index is 0.0453. The average molecular weight is 288 g/mol. The lowest BCUT2D eigenvalue weighted by molar-refractivity contribution is 0.202. The van der Waals surface area contributed by atoms with Gasteiger partial charge in [0.15, 0.2) is 0 Å². The van der Waals surface area contributed by atoms with Gasteiger partial charge in [0.2, 0.25) is 0 Å². The van der Waals surface area contributed by atoms with Crippen LogP contribution in [0.5, 0.6) is 5.75 Å². The van der Waals surface area contributed by atoms with Crippen molar-refractivity contribution in [3.8, 4) is 5.75 Å². The van der Waals surface area contributed by atoms with E-state index in [0.717, 1.165) is 12.4 Å². The van der Waals surface area contributed by atoms with E-state index in [-0.39, 0.29) is 5.60 Å². The summed E-state index contributed by atoms with van der Waals surface area (Å²) in [5.41, 5.74) is 1.20. The molecule has 2 heteroatoms. The Morgan fingerprint density at radius 3 is 2.52 bits per heavy atom. The summed E-state index contributed by atoms with van der Waals surface area (Å²) < 4.78 is 11.0. The van der Waals surface area contributed by atoms with Gasteiger partial charge >= 0.3 is 0 Å². The zero-order chi connectivity index (χ0) is 15.0. The Morgan fingerprint density at radius 1 is 1.14 bits per heavy atom. The van der Waals surface area contributed by atoms with Crippen LogP contribution in [0.3, 0.4) is 0 Å². The number of rotatable bonds is 10. The number of hydrogen-bond donors (Lipinski definition) is 0. The second kappa shape index (κ2) is 8.23. The van der Waals surface area contributed by atoms with E-state index in [1.807, 2.05) is 12.1 Å². The highest BCUT2D eigenvalue weighted by molar-refractivity contribution is 5.50. The van der Waals surface area contributed by atoms with E-state index in [2.05, 4.69) is 38.1 Å². The molecule has 116 valence electrons. The van der Waals surface area contributed by atoms with Crippen molar-refractivity contribution >= 4 is 6.08 Å². The van der Waals surface area contributed by atoms with Crippen LogP contribution >= 0.6 is 0 Å². The van der Waals surface area contributed by atoms with Crippen molar-refractivity contribution in [3.63, 3.8) is 0 Å². The molecule has 0 bridgehead atoms. The summed E-state index contributed by atoms with van der Waals surface area (Å²) in [5.74, 6) is 0.920. The normalized spacial score (nSPS) is 20.9. The molecule has 0 aromatic heterocycles. The number of ether oxygens (including phenoxy) is 2. The van der Waals surface area contributed by atoms with Gasteiger partial charge in [0.05, 0.1) is 6.61 Å². The largest absolute Gasteiger partial charge is 0.491 e. The topological polar surface area (TPSA) is 21.8 Å². The first kappa shape index (κ1) is 16.1. The monoisotopic (exact) mass is 288 g/mol. The molecule has 0 radical (unpaired) electrons. The van der Waals surface area contributed by atoms with Gasteiger partial charge in [0, 0.05) is 0 Å². The predicted octanol–water partition coefficient (Wildman–Crippen LogP) is 5.23. The molecule has 1 aromatic rings. The van der Waals surface area contributed by atoms with Crippen molar-refractivity contribution in [2.75, 3.05) is 13.2 Å². The van der Waals surface area contributed by atoms with Crippen molar-refractivity contribution < 1.29 is 9.47 Å². The maximum Gasteiger partial charge on any atom is 0.123 e. The molecule has 1 heterocycles. The summed E-state index contributed by atoms with van der Waals surface area (Å²) in [7, 11) is 0. The van der Waals surface area contributed by atoms with E-state index in [1.54, 1.807) is 0 Å². The quantitative estimate of drug-likeness (QED) is 0.434. The number of unbranched alkanes of at least 4 members (excludes halogenated alkanes) is 5. The van der Waals surface area contributed by atoms with Gasteiger partial charge in [0.1, 0.15) is 18.0 Å². The van der Waals surface area contributed by atoms with Crippen LogP contribution in [-0.2, 0) is 4.74 Å². The zero-order valence-corrected chi connectivity index (χ0v) is 13.4. The molecule has 1 atom stereocenters. The minimum atomic E-state index is -0.0453. The van der Waals surface area contributed by atoms with Crippen LogP contribution in [0.4, 0.5) is 0 Å². The van der Waals surface area contributed by atoms with Crippen molar-refractivity contribution in [1.29, 1.82) is 0 Å². The zero-order valence-electron chi connectivity index (χ0n) is 13.4. The van der Waals surface area contributed by atoms with E-state index < -0.39 is 0 Å². The van der Waals surface area contributed by atoms with Crippen LogP contribution in [0.15, 0.2) is 30.3 Å². The Balaban J connectivity index is 1.64. The summed E-state index contributed by atoms with van der Waals surface area (Å²) >= 11 is 0. The predicted molar refractivity (Wildman–Crippen MR) is 88.7 cm³/mol. The van der Waals surface area contributed by atoms with Gasteiger partial charge in [-0.25, -0.2) is 0 Å². The van der Waals surface area contributed by atoms with E-state index in [0.29, 0.717) is 6.61 Å². The second-order valence-electron chi connectivity index (χ2n) is 6.20. The van der Waals surface area contributed by atoms with Crippen molar-refractivity contribution in [3.05, 3.63) is 35.9 Å².